The van der Waals surface area contributed by atoms with Gasteiger partial charge in [-0.2, -0.15) is 0 Å². The van der Waals surface area contributed by atoms with Crippen LogP contribution in [0.4, 0.5) is 0 Å². The first-order chi connectivity index (χ1) is 10.0. The summed E-state index contributed by atoms with van der Waals surface area (Å²) in [6, 6.07) is 13.0. The first kappa shape index (κ1) is 17.4. The van der Waals surface area contributed by atoms with E-state index in [2.05, 4.69) is 73.1 Å². The number of halogens is 3. The lowest BCUT2D eigenvalue weighted by Crippen LogP contribution is -2.31. The van der Waals surface area contributed by atoms with Crippen LogP contribution in [-0.2, 0) is 0 Å². The van der Waals surface area contributed by atoms with Crippen LogP contribution in [0.15, 0.2) is 42.5 Å². The molecule has 0 aromatic heterocycles. The number of nitrogens with one attached hydrogen (secondary N) is 1. The van der Waals surface area contributed by atoms with Gasteiger partial charge in [0.2, 0.25) is 0 Å². The second kappa shape index (κ2) is 8.06. The van der Waals surface area contributed by atoms with Gasteiger partial charge >= 0.3 is 0 Å². The Labute approximate surface area is 164 Å². The molecule has 110 valence electrons. The molecule has 0 radical (unpaired) electrons. The van der Waals surface area contributed by atoms with E-state index in [0.29, 0.717) is 5.56 Å². The Balaban J connectivity index is 2.25. The van der Waals surface area contributed by atoms with Gasteiger partial charge in [-0.25, -0.2) is 0 Å². The van der Waals surface area contributed by atoms with Crippen LogP contribution in [0.3, 0.4) is 0 Å². The third-order valence-corrected chi connectivity index (χ3v) is 6.60. The van der Waals surface area contributed by atoms with E-state index in [-0.39, 0.29) is 12.5 Å². The van der Waals surface area contributed by atoms with E-state index in [4.69, 9.17) is 0 Å². The summed E-state index contributed by atoms with van der Waals surface area (Å²) < 4.78 is 2.99. The number of benzene rings is 2. The molecule has 0 heterocycles. The van der Waals surface area contributed by atoms with Crippen LogP contribution in [0.25, 0.3) is 0 Å². The molecule has 2 aromatic rings. The first-order valence-electron chi connectivity index (χ1n) is 6.14. The van der Waals surface area contributed by atoms with E-state index >= 15 is 0 Å². The second-order valence-electron chi connectivity index (χ2n) is 4.37. The van der Waals surface area contributed by atoms with Gasteiger partial charge in [0.05, 0.1) is 18.2 Å². The molecule has 2 N–H and O–H groups in total. The average molecular weight is 619 g/mol. The van der Waals surface area contributed by atoms with Crippen molar-refractivity contribution in [3.63, 3.8) is 0 Å². The monoisotopic (exact) mass is 619 g/mol. The van der Waals surface area contributed by atoms with E-state index in [1.54, 1.807) is 0 Å². The third kappa shape index (κ3) is 4.52. The summed E-state index contributed by atoms with van der Waals surface area (Å²) in [6.45, 7) is -0.132. The Kier molecular flexibility index (Phi) is 6.69. The van der Waals surface area contributed by atoms with E-state index in [1.807, 2.05) is 42.5 Å². The minimum atomic E-state index is -0.398. The maximum absolute atomic E-state index is 12.5. The van der Waals surface area contributed by atoms with Crippen molar-refractivity contribution < 1.29 is 9.90 Å². The third-order valence-electron chi connectivity index (χ3n) is 2.93. The number of amides is 1. The lowest BCUT2D eigenvalue weighted by atomic mass is 10.1. The van der Waals surface area contributed by atoms with Crippen molar-refractivity contribution in [3.8, 4) is 0 Å². The molecule has 2 rings (SSSR count). The van der Waals surface area contributed by atoms with Crippen LogP contribution >= 0.6 is 67.8 Å². The fourth-order valence-electron chi connectivity index (χ4n) is 1.88. The second-order valence-corrected chi connectivity index (χ2v) is 7.86. The number of hydrogen-bond donors (Lipinski definition) is 2. The van der Waals surface area contributed by atoms with Crippen LogP contribution < -0.4 is 5.32 Å². The molecule has 1 amide bonds. The molecule has 21 heavy (non-hydrogen) atoms. The van der Waals surface area contributed by atoms with Crippen molar-refractivity contribution in [3.05, 3.63) is 64.3 Å². The Hall–Kier alpha value is 0.0600. The number of hydrogen-bond acceptors (Lipinski definition) is 2. The van der Waals surface area contributed by atoms with Crippen LogP contribution in [0.2, 0.25) is 0 Å². The summed E-state index contributed by atoms with van der Waals surface area (Å²) in [5.74, 6) is -0.168. The molecule has 0 unspecified atom stereocenters. The molecular formula is C15H12I3NO2. The molecule has 6 heteroatoms. The molecule has 0 aliphatic carbocycles. The summed E-state index contributed by atoms with van der Waals surface area (Å²) in [5, 5.41) is 12.4. The maximum Gasteiger partial charge on any atom is 0.252 e. The lowest BCUT2D eigenvalue weighted by Gasteiger charge is -2.17. The van der Waals surface area contributed by atoms with Crippen molar-refractivity contribution in [1.82, 2.24) is 5.32 Å². The summed E-state index contributed by atoms with van der Waals surface area (Å²) in [6.07, 6.45) is 0. The van der Waals surface area contributed by atoms with Crippen molar-refractivity contribution >= 4 is 73.7 Å². The zero-order valence-electron chi connectivity index (χ0n) is 10.8. The van der Waals surface area contributed by atoms with Gasteiger partial charge in [0, 0.05) is 10.7 Å². The van der Waals surface area contributed by atoms with E-state index in [1.165, 1.54) is 0 Å². The van der Waals surface area contributed by atoms with Gasteiger partial charge in [0.15, 0.2) is 0 Å². The smallest absolute Gasteiger partial charge is 0.252 e. The largest absolute Gasteiger partial charge is 0.394 e. The van der Waals surface area contributed by atoms with Crippen LogP contribution in [0.1, 0.15) is 22.0 Å². The van der Waals surface area contributed by atoms with Crippen molar-refractivity contribution in [2.75, 3.05) is 6.61 Å². The fourth-order valence-corrected chi connectivity index (χ4v) is 4.28. The van der Waals surface area contributed by atoms with Gasteiger partial charge in [0.25, 0.3) is 5.91 Å². The van der Waals surface area contributed by atoms with Crippen LogP contribution in [0.5, 0.6) is 0 Å². The summed E-state index contributed by atoms with van der Waals surface area (Å²) in [5.41, 5.74) is 1.53. The Morgan fingerprint density at radius 1 is 1.14 bits per heavy atom. The minimum Gasteiger partial charge on any atom is -0.394 e. The molecule has 0 saturated heterocycles. The Morgan fingerprint density at radius 3 is 2.43 bits per heavy atom. The van der Waals surface area contributed by atoms with E-state index in [9.17, 15) is 9.90 Å². The quantitative estimate of drug-likeness (QED) is 0.403. The van der Waals surface area contributed by atoms with Gasteiger partial charge in [-0.3, -0.25) is 4.79 Å². The highest BCUT2D eigenvalue weighted by Crippen LogP contribution is 2.23. The molecule has 1 atom stereocenters. The van der Waals surface area contributed by atoms with E-state index < -0.39 is 6.04 Å². The number of carbonyl (C=O) groups is 1. The molecule has 0 aliphatic heterocycles. The Bertz CT molecular complexity index is 647. The molecule has 0 saturated carbocycles. The predicted octanol–water partition coefficient (Wildman–Crippen LogP) is 3.96. The summed E-state index contributed by atoms with van der Waals surface area (Å²) >= 11 is 6.60. The normalized spacial score (nSPS) is 12.0. The zero-order valence-corrected chi connectivity index (χ0v) is 17.3. The van der Waals surface area contributed by atoms with Gasteiger partial charge in [0.1, 0.15) is 0 Å². The molecule has 2 aromatic carbocycles. The topological polar surface area (TPSA) is 49.3 Å². The zero-order chi connectivity index (χ0) is 15.4. The molecule has 0 bridgehead atoms. The van der Waals surface area contributed by atoms with Gasteiger partial charge in [-0.05, 0) is 85.5 Å². The van der Waals surface area contributed by atoms with Crippen molar-refractivity contribution in [2.45, 2.75) is 6.04 Å². The van der Waals surface area contributed by atoms with Crippen molar-refractivity contribution in [2.24, 2.45) is 0 Å². The molecular weight excluding hydrogens is 607 g/mol. The molecule has 0 spiro atoms. The highest BCUT2D eigenvalue weighted by atomic mass is 127. The average Bonchev–Trinajstić information content (AvgIpc) is 2.49. The highest BCUT2D eigenvalue weighted by molar-refractivity contribution is 14.1. The standard InChI is InChI=1S/C15H12I3NO2/c16-10-6-11(14(18)12(17)7-10)15(21)19-13(8-20)9-4-2-1-3-5-9/h1-7,13,20H,8H2,(H,19,21)/t13-/m0/s1. The summed E-state index contributed by atoms with van der Waals surface area (Å²) in [4.78, 5) is 12.5. The van der Waals surface area contributed by atoms with Gasteiger partial charge in [-0.1, -0.05) is 30.3 Å². The van der Waals surface area contributed by atoms with E-state index in [0.717, 1.165) is 16.3 Å². The number of aliphatic hydroxyl groups is 1. The predicted molar refractivity (Wildman–Crippen MR) is 108 cm³/mol. The van der Waals surface area contributed by atoms with Crippen LogP contribution in [-0.4, -0.2) is 17.6 Å². The highest BCUT2D eigenvalue weighted by Gasteiger charge is 2.18. The summed E-state index contributed by atoms with van der Waals surface area (Å²) in [7, 11) is 0. The van der Waals surface area contributed by atoms with Gasteiger partial charge in [-0.15, -0.1) is 0 Å². The molecule has 3 nitrogen and oxygen atoms in total. The molecule has 0 aliphatic rings. The maximum atomic E-state index is 12.5. The van der Waals surface area contributed by atoms with Crippen molar-refractivity contribution in [1.29, 1.82) is 0 Å². The lowest BCUT2D eigenvalue weighted by molar-refractivity contribution is 0.0915. The Morgan fingerprint density at radius 2 is 1.81 bits per heavy atom. The number of aliphatic hydroxyl groups excluding tert-OH is 1. The minimum absolute atomic E-state index is 0.132. The number of carbonyl (C=O) groups excluding carboxylic acids is 1. The van der Waals surface area contributed by atoms with Crippen LogP contribution in [0, 0.1) is 10.7 Å². The first-order valence-corrected chi connectivity index (χ1v) is 9.37. The molecule has 0 fully saturated rings. The SMILES string of the molecule is O=C(N[C@@H](CO)c1ccccc1)c1cc(I)cc(I)c1I. The number of rotatable bonds is 4. The van der Waals surface area contributed by atoms with Gasteiger partial charge < -0.3 is 10.4 Å². The fraction of sp³-hybridized carbons (Fsp3) is 0.133.